The molecule has 1 aromatic carbocycles. The molecule has 0 saturated heterocycles. The number of hydrogen-bond acceptors (Lipinski definition) is 3. The van der Waals surface area contributed by atoms with Crippen LogP contribution < -0.4 is 5.32 Å². The maximum atomic E-state index is 11.4. The van der Waals surface area contributed by atoms with E-state index in [2.05, 4.69) is 5.32 Å². The molecule has 0 bridgehead atoms. The summed E-state index contributed by atoms with van der Waals surface area (Å²) in [5.74, 6) is -1.45. The van der Waals surface area contributed by atoms with E-state index in [4.69, 9.17) is 21.4 Å². The second kappa shape index (κ2) is 6.22. The Labute approximate surface area is 103 Å². The number of ether oxygens (including phenoxy) is 1. The minimum absolute atomic E-state index is 0.0386. The number of halogens is 1. The van der Waals surface area contributed by atoms with Gasteiger partial charge in [-0.2, -0.15) is 0 Å². The molecular formula is C11H12ClNO4. The molecule has 0 radical (unpaired) electrons. The van der Waals surface area contributed by atoms with Gasteiger partial charge in [0.1, 0.15) is 0 Å². The number of carboxylic acids is 1. The van der Waals surface area contributed by atoms with Gasteiger partial charge >= 0.3 is 5.97 Å². The highest BCUT2D eigenvalue weighted by atomic mass is 35.5. The summed E-state index contributed by atoms with van der Waals surface area (Å²) in [7, 11) is 1.48. The molecule has 0 spiro atoms. The summed E-state index contributed by atoms with van der Waals surface area (Å²) in [4.78, 5) is 22.3. The zero-order valence-electron chi connectivity index (χ0n) is 9.20. The van der Waals surface area contributed by atoms with Crippen LogP contribution in [0.25, 0.3) is 0 Å². The fraction of sp³-hybridized carbons (Fsp3) is 0.273. The van der Waals surface area contributed by atoms with E-state index in [0.717, 1.165) is 0 Å². The van der Waals surface area contributed by atoms with Gasteiger partial charge in [-0.15, -0.1) is 0 Å². The quantitative estimate of drug-likeness (QED) is 0.846. The highest BCUT2D eigenvalue weighted by Gasteiger charge is 2.12. The number of benzene rings is 1. The van der Waals surface area contributed by atoms with Crippen LogP contribution in [-0.2, 0) is 9.53 Å². The molecule has 17 heavy (non-hydrogen) atoms. The van der Waals surface area contributed by atoms with Crippen molar-refractivity contribution in [1.82, 2.24) is 0 Å². The van der Waals surface area contributed by atoms with Gasteiger partial charge in [0.25, 0.3) is 0 Å². The van der Waals surface area contributed by atoms with Crippen LogP contribution >= 0.6 is 11.6 Å². The first-order valence-electron chi connectivity index (χ1n) is 4.86. The van der Waals surface area contributed by atoms with Gasteiger partial charge in [-0.05, 0) is 18.2 Å². The van der Waals surface area contributed by atoms with Crippen LogP contribution in [0.2, 0.25) is 5.02 Å². The average Bonchev–Trinajstić information content (AvgIpc) is 2.28. The summed E-state index contributed by atoms with van der Waals surface area (Å²) in [5, 5.41) is 11.7. The van der Waals surface area contributed by atoms with Crippen LogP contribution in [0.1, 0.15) is 16.8 Å². The van der Waals surface area contributed by atoms with E-state index in [0.29, 0.717) is 5.02 Å². The molecule has 0 atom stereocenters. The molecule has 1 rings (SSSR count). The van der Waals surface area contributed by atoms with Crippen LogP contribution in [0, 0.1) is 0 Å². The maximum absolute atomic E-state index is 11.4. The minimum Gasteiger partial charge on any atom is -0.478 e. The van der Waals surface area contributed by atoms with Crippen molar-refractivity contribution >= 4 is 29.2 Å². The van der Waals surface area contributed by atoms with E-state index in [1.54, 1.807) is 0 Å². The zero-order valence-corrected chi connectivity index (χ0v) is 9.95. The van der Waals surface area contributed by atoms with Gasteiger partial charge in [0.15, 0.2) is 0 Å². The summed E-state index contributed by atoms with van der Waals surface area (Å²) in [5.41, 5.74) is 0.186. The number of aromatic carboxylic acids is 1. The molecule has 0 aliphatic carbocycles. The third kappa shape index (κ3) is 4.05. The first-order valence-corrected chi connectivity index (χ1v) is 5.24. The number of amides is 1. The van der Waals surface area contributed by atoms with Crippen molar-refractivity contribution in [3.05, 3.63) is 28.8 Å². The van der Waals surface area contributed by atoms with Crippen LogP contribution in [0.15, 0.2) is 18.2 Å². The molecule has 6 heteroatoms. The van der Waals surface area contributed by atoms with E-state index in [1.165, 1.54) is 25.3 Å². The molecule has 5 nitrogen and oxygen atoms in total. The van der Waals surface area contributed by atoms with E-state index in [9.17, 15) is 9.59 Å². The van der Waals surface area contributed by atoms with Crippen molar-refractivity contribution in [1.29, 1.82) is 0 Å². The zero-order chi connectivity index (χ0) is 12.8. The number of anilines is 1. The fourth-order valence-electron chi connectivity index (χ4n) is 1.21. The number of carbonyl (C=O) groups is 2. The van der Waals surface area contributed by atoms with Gasteiger partial charge < -0.3 is 15.2 Å². The van der Waals surface area contributed by atoms with Crippen molar-refractivity contribution < 1.29 is 19.4 Å². The van der Waals surface area contributed by atoms with Crippen molar-refractivity contribution in [2.45, 2.75) is 6.42 Å². The summed E-state index contributed by atoms with van der Waals surface area (Å²) >= 11 is 5.69. The highest BCUT2D eigenvalue weighted by molar-refractivity contribution is 6.31. The fourth-order valence-corrected chi connectivity index (χ4v) is 1.38. The summed E-state index contributed by atoms with van der Waals surface area (Å²) in [6, 6.07) is 4.26. The molecule has 1 aromatic rings. The Bertz CT molecular complexity index is 433. The van der Waals surface area contributed by atoms with Gasteiger partial charge in [0.05, 0.1) is 24.3 Å². The Kier molecular flexibility index (Phi) is 4.93. The van der Waals surface area contributed by atoms with Gasteiger partial charge in [-0.1, -0.05) is 11.6 Å². The van der Waals surface area contributed by atoms with E-state index in [-0.39, 0.29) is 30.2 Å². The van der Waals surface area contributed by atoms with Crippen LogP contribution in [-0.4, -0.2) is 30.7 Å². The molecule has 0 aliphatic heterocycles. The monoisotopic (exact) mass is 257 g/mol. The lowest BCUT2D eigenvalue weighted by Gasteiger charge is -2.08. The van der Waals surface area contributed by atoms with E-state index >= 15 is 0 Å². The minimum atomic E-state index is -1.14. The standard InChI is InChI=1S/C11H12ClNO4/c1-17-5-4-10(14)13-9-3-2-7(12)6-8(9)11(15)16/h2-3,6H,4-5H2,1H3,(H,13,14)(H,15,16). The van der Waals surface area contributed by atoms with Crippen LogP contribution in [0.5, 0.6) is 0 Å². The van der Waals surface area contributed by atoms with Crippen molar-refractivity contribution in [3.63, 3.8) is 0 Å². The Morgan fingerprint density at radius 3 is 2.76 bits per heavy atom. The molecule has 0 heterocycles. The summed E-state index contributed by atoms with van der Waals surface area (Å²) < 4.78 is 4.75. The number of nitrogens with one attached hydrogen (secondary N) is 1. The second-order valence-electron chi connectivity index (χ2n) is 3.29. The van der Waals surface area contributed by atoms with Gasteiger partial charge in [-0.25, -0.2) is 4.79 Å². The molecule has 0 aliphatic rings. The van der Waals surface area contributed by atoms with E-state index in [1.807, 2.05) is 0 Å². The lowest BCUT2D eigenvalue weighted by Crippen LogP contribution is -2.16. The topological polar surface area (TPSA) is 75.6 Å². The number of hydrogen-bond donors (Lipinski definition) is 2. The predicted octanol–water partition coefficient (Wildman–Crippen LogP) is 2.01. The summed E-state index contributed by atoms with van der Waals surface area (Å²) in [6.45, 7) is 0.280. The Morgan fingerprint density at radius 2 is 2.18 bits per heavy atom. The molecule has 92 valence electrons. The molecule has 2 N–H and O–H groups in total. The van der Waals surface area contributed by atoms with Crippen molar-refractivity contribution in [3.8, 4) is 0 Å². The lowest BCUT2D eigenvalue weighted by molar-refractivity contribution is -0.117. The predicted molar refractivity (Wildman–Crippen MR) is 63.5 cm³/mol. The molecular weight excluding hydrogens is 246 g/mol. The molecule has 0 aromatic heterocycles. The number of methoxy groups -OCH3 is 1. The summed E-state index contributed by atoms with van der Waals surface area (Å²) in [6.07, 6.45) is 0.165. The molecule has 0 fully saturated rings. The van der Waals surface area contributed by atoms with Crippen LogP contribution in [0.4, 0.5) is 5.69 Å². The highest BCUT2D eigenvalue weighted by Crippen LogP contribution is 2.20. The third-order valence-electron chi connectivity index (χ3n) is 2.02. The first kappa shape index (κ1) is 13.5. The first-order chi connectivity index (χ1) is 8.04. The maximum Gasteiger partial charge on any atom is 0.337 e. The molecule has 1 amide bonds. The van der Waals surface area contributed by atoms with Crippen molar-refractivity contribution in [2.75, 3.05) is 19.0 Å². The number of carbonyl (C=O) groups excluding carboxylic acids is 1. The second-order valence-corrected chi connectivity index (χ2v) is 3.72. The molecule has 0 unspecified atom stereocenters. The number of carboxylic acid groups (broad SMARTS) is 1. The average molecular weight is 258 g/mol. The van der Waals surface area contributed by atoms with E-state index < -0.39 is 5.97 Å². The van der Waals surface area contributed by atoms with Gasteiger partial charge in [0.2, 0.25) is 5.91 Å². The van der Waals surface area contributed by atoms with Crippen LogP contribution in [0.3, 0.4) is 0 Å². The smallest absolute Gasteiger partial charge is 0.337 e. The molecule has 0 saturated carbocycles. The Hall–Kier alpha value is -1.59. The van der Waals surface area contributed by atoms with Gasteiger partial charge in [-0.3, -0.25) is 4.79 Å². The van der Waals surface area contributed by atoms with Gasteiger partial charge in [0, 0.05) is 12.1 Å². The number of rotatable bonds is 5. The Balaban J connectivity index is 2.83. The van der Waals surface area contributed by atoms with Crippen molar-refractivity contribution in [2.24, 2.45) is 0 Å². The Morgan fingerprint density at radius 1 is 1.47 bits per heavy atom. The SMILES string of the molecule is COCCC(=O)Nc1ccc(Cl)cc1C(=O)O. The normalized spacial score (nSPS) is 10.0. The third-order valence-corrected chi connectivity index (χ3v) is 2.25. The largest absolute Gasteiger partial charge is 0.478 e. The lowest BCUT2D eigenvalue weighted by atomic mass is 10.1.